The van der Waals surface area contributed by atoms with Crippen LogP contribution in [0.1, 0.15) is 162 Å². The first kappa shape index (κ1) is 31.6. The molecule has 0 radical (unpaired) electrons. The Morgan fingerprint density at radius 1 is 0.765 bits per heavy atom. The molecule has 1 rings (SSSR count). The normalized spacial score (nSPS) is 19.1. The fourth-order valence-electron chi connectivity index (χ4n) is 5.22. The Morgan fingerprint density at radius 2 is 1.18 bits per heavy atom. The maximum atomic E-state index is 12.3. The lowest BCUT2D eigenvalue weighted by atomic mass is 9.85. The number of ether oxygens (including phenoxy) is 1. The van der Waals surface area contributed by atoms with Gasteiger partial charge in [0.15, 0.2) is 5.78 Å². The highest BCUT2D eigenvalue weighted by Gasteiger charge is 2.43. The van der Waals surface area contributed by atoms with Crippen LogP contribution in [0.25, 0.3) is 0 Å². The first-order chi connectivity index (χ1) is 16.5. The highest BCUT2D eigenvalue weighted by molar-refractivity contribution is 5.84. The summed E-state index contributed by atoms with van der Waals surface area (Å²) in [7, 11) is 0. The van der Waals surface area contributed by atoms with Crippen LogP contribution in [0, 0.1) is 0 Å². The molecule has 0 amide bonds. The number of hydrogen-bond donors (Lipinski definition) is 2. The minimum atomic E-state index is -1.48. The molecule has 0 aromatic rings. The maximum absolute atomic E-state index is 12.3. The molecule has 202 valence electrons. The molecule has 1 saturated heterocycles. The smallest absolute Gasteiger partial charge is 0.164 e. The molecule has 2 N–H and O–H groups in total. The highest BCUT2D eigenvalue weighted by Crippen LogP contribution is 2.27. The second-order valence-electron chi connectivity index (χ2n) is 11.1. The Balaban J connectivity index is 1.85. The van der Waals surface area contributed by atoms with Crippen LogP contribution in [0.3, 0.4) is 0 Å². The Morgan fingerprint density at radius 3 is 1.56 bits per heavy atom. The predicted molar refractivity (Wildman–Crippen MR) is 143 cm³/mol. The van der Waals surface area contributed by atoms with Crippen molar-refractivity contribution in [1.29, 1.82) is 0 Å². The fraction of sp³-hybridized carbons (Fsp3) is 0.967. The van der Waals surface area contributed by atoms with E-state index in [-0.39, 0.29) is 5.78 Å². The predicted octanol–water partition coefficient (Wildman–Crippen LogP) is 8.06. The summed E-state index contributed by atoms with van der Waals surface area (Å²) in [6.07, 6.45) is 26.4. The van der Waals surface area contributed by atoms with E-state index in [1.807, 2.05) is 0 Å². The van der Waals surface area contributed by atoms with Crippen molar-refractivity contribution in [3.8, 4) is 0 Å². The van der Waals surface area contributed by atoms with Crippen molar-refractivity contribution in [2.45, 2.75) is 179 Å². The lowest BCUT2D eigenvalue weighted by molar-refractivity contribution is -0.176. The van der Waals surface area contributed by atoms with E-state index >= 15 is 0 Å². The van der Waals surface area contributed by atoms with Gasteiger partial charge in [-0.3, -0.25) is 4.79 Å². The minimum absolute atomic E-state index is 0.244. The summed E-state index contributed by atoms with van der Waals surface area (Å²) < 4.78 is 5.60. The Kier molecular flexibility index (Phi) is 19.2. The van der Waals surface area contributed by atoms with E-state index in [1.54, 1.807) is 6.92 Å². The lowest BCUT2D eigenvalue weighted by Crippen LogP contribution is -2.54. The first-order valence-corrected chi connectivity index (χ1v) is 15.0. The van der Waals surface area contributed by atoms with Crippen LogP contribution >= 0.6 is 0 Å². The number of rotatable bonds is 23. The molecule has 34 heavy (non-hydrogen) atoms. The molecule has 1 heterocycles. The lowest BCUT2D eigenvalue weighted by Gasteiger charge is -2.38. The third-order valence-corrected chi connectivity index (χ3v) is 7.72. The van der Waals surface area contributed by atoms with Gasteiger partial charge in [0.2, 0.25) is 0 Å². The molecule has 1 aliphatic rings. The number of carbonyl (C=O) groups excluding carboxylic acids is 1. The van der Waals surface area contributed by atoms with Gasteiger partial charge in [-0.15, -0.1) is 0 Å². The van der Waals surface area contributed by atoms with Gasteiger partial charge in [-0.05, 0) is 32.6 Å². The SMILES string of the molecule is CCCCCCCCCCCCCCCCCCCCCC(=O)C(O)C(C)(O)C1CCCCO1. The molecule has 0 aliphatic carbocycles. The van der Waals surface area contributed by atoms with Crippen molar-refractivity contribution in [2.24, 2.45) is 0 Å². The van der Waals surface area contributed by atoms with Gasteiger partial charge in [0.05, 0.1) is 6.10 Å². The van der Waals surface area contributed by atoms with E-state index in [2.05, 4.69) is 6.92 Å². The molecule has 0 bridgehead atoms. The Hall–Kier alpha value is -0.450. The Bertz CT molecular complexity index is 470. The number of aliphatic hydroxyl groups excluding tert-OH is 1. The number of aliphatic hydroxyl groups is 2. The van der Waals surface area contributed by atoms with Crippen molar-refractivity contribution in [3.05, 3.63) is 0 Å². The van der Waals surface area contributed by atoms with Crippen molar-refractivity contribution in [3.63, 3.8) is 0 Å². The van der Waals surface area contributed by atoms with E-state index in [9.17, 15) is 15.0 Å². The molecule has 4 nitrogen and oxygen atoms in total. The summed E-state index contributed by atoms with van der Waals surface area (Å²) in [5.74, 6) is -0.244. The van der Waals surface area contributed by atoms with Crippen molar-refractivity contribution in [1.82, 2.24) is 0 Å². The topological polar surface area (TPSA) is 66.8 Å². The largest absolute Gasteiger partial charge is 0.384 e. The van der Waals surface area contributed by atoms with E-state index in [1.165, 1.54) is 103 Å². The molecule has 0 spiro atoms. The van der Waals surface area contributed by atoms with Crippen LogP contribution in [-0.4, -0.2) is 40.4 Å². The summed E-state index contributed by atoms with van der Waals surface area (Å²) in [4.78, 5) is 12.3. The van der Waals surface area contributed by atoms with Gasteiger partial charge in [0, 0.05) is 13.0 Å². The quantitative estimate of drug-likeness (QED) is 0.145. The number of carbonyl (C=O) groups is 1. The van der Waals surface area contributed by atoms with Gasteiger partial charge in [0.1, 0.15) is 11.7 Å². The summed E-state index contributed by atoms with van der Waals surface area (Å²) in [5, 5.41) is 21.0. The molecule has 3 unspecified atom stereocenters. The van der Waals surface area contributed by atoms with Gasteiger partial charge >= 0.3 is 0 Å². The van der Waals surface area contributed by atoms with Crippen LogP contribution in [0.15, 0.2) is 0 Å². The van der Waals surface area contributed by atoms with Crippen LogP contribution < -0.4 is 0 Å². The van der Waals surface area contributed by atoms with Crippen LogP contribution in [0.4, 0.5) is 0 Å². The number of hydrogen-bond acceptors (Lipinski definition) is 4. The molecule has 0 aromatic heterocycles. The third-order valence-electron chi connectivity index (χ3n) is 7.72. The molecule has 0 saturated carbocycles. The fourth-order valence-corrected chi connectivity index (χ4v) is 5.22. The number of ketones is 1. The third kappa shape index (κ3) is 14.8. The average Bonchev–Trinajstić information content (AvgIpc) is 2.85. The zero-order valence-corrected chi connectivity index (χ0v) is 22.8. The molecule has 4 heteroatoms. The van der Waals surface area contributed by atoms with Gasteiger partial charge in [0.25, 0.3) is 0 Å². The van der Waals surface area contributed by atoms with E-state index < -0.39 is 17.8 Å². The van der Waals surface area contributed by atoms with E-state index in [4.69, 9.17) is 4.74 Å². The molecule has 1 aliphatic heterocycles. The van der Waals surface area contributed by atoms with Gasteiger partial charge in [-0.2, -0.15) is 0 Å². The summed E-state index contributed by atoms with van der Waals surface area (Å²) in [6.45, 7) is 4.42. The summed E-state index contributed by atoms with van der Waals surface area (Å²) >= 11 is 0. The zero-order chi connectivity index (χ0) is 24.9. The summed E-state index contributed by atoms with van der Waals surface area (Å²) in [6, 6.07) is 0. The van der Waals surface area contributed by atoms with Gasteiger partial charge in [-0.1, -0.05) is 122 Å². The van der Waals surface area contributed by atoms with Gasteiger partial charge < -0.3 is 14.9 Å². The molecule has 3 atom stereocenters. The second kappa shape index (κ2) is 20.7. The van der Waals surface area contributed by atoms with Gasteiger partial charge in [-0.25, -0.2) is 0 Å². The van der Waals surface area contributed by atoms with Crippen molar-refractivity contribution in [2.75, 3.05) is 6.61 Å². The maximum Gasteiger partial charge on any atom is 0.164 e. The van der Waals surface area contributed by atoms with Crippen molar-refractivity contribution >= 4 is 5.78 Å². The standard InChI is InChI=1S/C30H58O4/c1-3-4-5-6-7-8-9-10-11-12-13-14-15-16-17-18-19-20-21-24-27(31)29(32)30(2,33)28-25-22-23-26-34-28/h28-29,32-33H,3-26H2,1-2H3. The highest BCUT2D eigenvalue weighted by atomic mass is 16.5. The van der Waals surface area contributed by atoms with Crippen LogP contribution in [-0.2, 0) is 9.53 Å². The van der Waals surface area contributed by atoms with E-state index in [0.717, 1.165) is 32.1 Å². The number of Topliss-reactive ketones (excluding diaryl/α,β-unsaturated/α-hetero) is 1. The summed E-state index contributed by atoms with van der Waals surface area (Å²) in [5.41, 5.74) is -1.48. The van der Waals surface area contributed by atoms with E-state index in [0.29, 0.717) is 19.4 Å². The molecular formula is C30H58O4. The number of unbranched alkanes of at least 4 members (excludes halogenated alkanes) is 18. The average molecular weight is 483 g/mol. The zero-order valence-electron chi connectivity index (χ0n) is 22.8. The van der Waals surface area contributed by atoms with Crippen LogP contribution in [0.5, 0.6) is 0 Å². The molecular weight excluding hydrogens is 424 g/mol. The molecule has 1 fully saturated rings. The van der Waals surface area contributed by atoms with Crippen molar-refractivity contribution < 1.29 is 19.7 Å². The Labute approximate surface area is 211 Å². The van der Waals surface area contributed by atoms with Crippen LogP contribution in [0.2, 0.25) is 0 Å². The monoisotopic (exact) mass is 482 g/mol. The minimum Gasteiger partial charge on any atom is -0.384 e. The second-order valence-corrected chi connectivity index (χ2v) is 11.1. The molecule has 0 aromatic carbocycles. The first-order valence-electron chi connectivity index (χ1n) is 15.0.